The predicted molar refractivity (Wildman–Crippen MR) is 78.5 cm³/mol. The maximum atomic E-state index is 10.6. The van der Waals surface area contributed by atoms with Crippen molar-refractivity contribution in [1.82, 2.24) is 5.32 Å². The highest BCUT2D eigenvalue weighted by Crippen LogP contribution is 2.12. The first-order valence-corrected chi connectivity index (χ1v) is 7.00. The molecule has 1 rings (SSSR count). The Morgan fingerprint density at radius 1 is 1.20 bits per heavy atom. The van der Waals surface area contributed by atoms with Crippen molar-refractivity contribution in [3.63, 3.8) is 0 Å². The molecule has 1 amide bonds. The van der Waals surface area contributed by atoms with Gasteiger partial charge in [0.05, 0.1) is 0 Å². The number of hydrogen-bond donors (Lipinski definition) is 2. The number of carboxylic acids is 1. The van der Waals surface area contributed by atoms with Crippen LogP contribution in [0.1, 0.15) is 37.8 Å². The summed E-state index contributed by atoms with van der Waals surface area (Å²) >= 11 is 0. The zero-order chi connectivity index (χ0) is 15.0. The molecule has 0 fully saturated rings. The molecule has 1 aromatic rings. The fourth-order valence-electron chi connectivity index (χ4n) is 2.21. The highest BCUT2D eigenvalue weighted by atomic mass is 16.4. The second-order valence-corrected chi connectivity index (χ2v) is 5.53. The fourth-order valence-corrected chi connectivity index (χ4v) is 2.21. The van der Waals surface area contributed by atoms with E-state index in [-0.39, 0.29) is 12.5 Å². The predicted octanol–water partition coefficient (Wildman–Crippen LogP) is 2.41. The molecule has 0 saturated carbocycles. The van der Waals surface area contributed by atoms with Crippen LogP contribution in [0.2, 0.25) is 0 Å². The minimum absolute atomic E-state index is 0.0664. The SMILES string of the molecule is CC(C)Cc1ccc(CC(CCC(=O)O)NC=O)cc1. The van der Waals surface area contributed by atoms with Gasteiger partial charge in [0.15, 0.2) is 0 Å². The number of carbonyl (C=O) groups excluding carboxylic acids is 1. The van der Waals surface area contributed by atoms with E-state index in [0.29, 0.717) is 25.2 Å². The lowest BCUT2D eigenvalue weighted by Crippen LogP contribution is -2.30. The van der Waals surface area contributed by atoms with Crippen LogP contribution in [0.15, 0.2) is 24.3 Å². The summed E-state index contributed by atoms with van der Waals surface area (Å²) in [4.78, 5) is 21.2. The van der Waals surface area contributed by atoms with Crippen molar-refractivity contribution in [1.29, 1.82) is 0 Å². The quantitative estimate of drug-likeness (QED) is 0.681. The molecule has 0 bridgehead atoms. The Hall–Kier alpha value is -1.84. The van der Waals surface area contributed by atoms with Gasteiger partial charge in [0.1, 0.15) is 0 Å². The van der Waals surface area contributed by atoms with Crippen molar-refractivity contribution in [3.8, 4) is 0 Å². The maximum Gasteiger partial charge on any atom is 0.303 e. The molecule has 1 aromatic carbocycles. The van der Waals surface area contributed by atoms with Crippen molar-refractivity contribution >= 4 is 12.4 Å². The third kappa shape index (κ3) is 6.36. The first-order valence-electron chi connectivity index (χ1n) is 7.00. The topological polar surface area (TPSA) is 66.4 Å². The molecule has 1 atom stereocenters. The van der Waals surface area contributed by atoms with Gasteiger partial charge in [-0.3, -0.25) is 9.59 Å². The van der Waals surface area contributed by atoms with Gasteiger partial charge in [-0.05, 0) is 36.3 Å². The lowest BCUT2D eigenvalue weighted by atomic mass is 9.98. The van der Waals surface area contributed by atoms with Crippen molar-refractivity contribution in [2.45, 2.75) is 45.6 Å². The number of amides is 1. The second-order valence-electron chi connectivity index (χ2n) is 5.53. The van der Waals surface area contributed by atoms with E-state index in [1.54, 1.807) is 0 Å². The van der Waals surface area contributed by atoms with Gasteiger partial charge in [0, 0.05) is 12.5 Å². The number of aliphatic carboxylic acids is 1. The smallest absolute Gasteiger partial charge is 0.303 e. The summed E-state index contributed by atoms with van der Waals surface area (Å²) in [7, 11) is 0. The van der Waals surface area contributed by atoms with Gasteiger partial charge in [-0.25, -0.2) is 0 Å². The van der Waals surface area contributed by atoms with Crippen LogP contribution in [-0.4, -0.2) is 23.5 Å². The normalized spacial score (nSPS) is 12.2. The van der Waals surface area contributed by atoms with Gasteiger partial charge in [0.2, 0.25) is 6.41 Å². The van der Waals surface area contributed by atoms with E-state index in [9.17, 15) is 9.59 Å². The Labute approximate surface area is 120 Å². The van der Waals surface area contributed by atoms with Crippen LogP contribution in [0.25, 0.3) is 0 Å². The summed E-state index contributed by atoms with van der Waals surface area (Å²) < 4.78 is 0. The van der Waals surface area contributed by atoms with Crippen molar-refractivity contribution < 1.29 is 14.7 Å². The zero-order valence-electron chi connectivity index (χ0n) is 12.1. The van der Waals surface area contributed by atoms with Crippen LogP contribution >= 0.6 is 0 Å². The summed E-state index contributed by atoms with van der Waals surface area (Å²) in [5.41, 5.74) is 2.41. The van der Waals surface area contributed by atoms with Gasteiger partial charge >= 0.3 is 5.97 Å². The molecule has 4 nitrogen and oxygen atoms in total. The minimum Gasteiger partial charge on any atom is -0.481 e. The Balaban J connectivity index is 2.58. The van der Waals surface area contributed by atoms with E-state index >= 15 is 0 Å². The molecule has 1 unspecified atom stereocenters. The molecule has 0 saturated heterocycles. The number of nitrogens with one attached hydrogen (secondary N) is 1. The number of carboxylic acid groups (broad SMARTS) is 1. The van der Waals surface area contributed by atoms with Crippen molar-refractivity contribution in [2.24, 2.45) is 5.92 Å². The van der Waals surface area contributed by atoms with E-state index in [1.165, 1.54) is 5.56 Å². The van der Waals surface area contributed by atoms with Crippen LogP contribution in [0.4, 0.5) is 0 Å². The van der Waals surface area contributed by atoms with E-state index < -0.39 is 5.97 Å². The van der Waals surface area contributed by atoms with Crippen LogP contribution < -0.4 is 5.32 Å². The summed E-state index contributed by atoms with van der Waals surface area (Å²) in [6, 6.07) is 8.19. The van der Waals surface area contributed by atoms with Crippen LogP contribution in [0.5, 0.6) is 0 Å². The van der Waals surface area contributed by atoms with Gasteiger partial charge in [-0.15, -0.1) is 0 Å². The number of hydrogen-bond acceptors (Lipinski definition) is 2. The highest BCUT2D eigenvalue weighted by Gasteiger charge is 2.11. The fraction of sp³-hybridized carbons (Fsp3) is 0.500. The average Bonchev–Trinajstić information content (AvgIpc) is 2.38. The molecule has 0 aromatic heterocycles. The first-order chi connectivity index (χ1) is 9.51. The Kier molecular flexibility index (Phi) is 6.77. The highest BCUT2D eigenvalue weighted by molar-refractivity contribution is 5.66. The molecule has 2 N–H and O–H groups in total. The van der Waals surface area contributed by atoms with E-state index in [4.69, 9.17) is 5.11 Å². The van der Waals surface area contributed by atoms with Crippen LogP contribution in [-0.2, 0) is 22.4 Å². The molecule has 0 radical (unpaired) electrons. The Bertz CT molecular complexity index is 426. The molecule has 0 aliphatic rings. The monoisotopic (exact) mass is 277 g/mol. The minimum atomic E-state index is -0.838. The number of carbonyl (C=O) groups is 2. The third-order valence-corrected chi connectivity index (χ3v) is 3.16. The van der Waals surface area contributed by atoms with Crippen LogP contribution in [0.3, 0.4) is 0 Å². The number of benzene rings is 1. The molecule has 20 heavy (non-hydrogen) atoms. The maximum absolute atomic E-state index is 10.6. The van der Waals surface area contributed by atoms with Gasteiger partial charge in [-0.2, -0.15) is 0 Å². The van der Waals surface area contributed by atoms with Crippen molar-refractivity contribution in [3.05, 3.63) is 35.4 Å². The summed E-state index contributed by atoms with van der Waals surface area (Å²) in [5, 5.41) is 11.4. The van der Waals surface area contributed by atoms with Crippen LogP contribution in [0, 0.1) is 5.92 Å². The van der Waals surface area contributed by atoms with E-state index in [1.807, 2.05) is 0 Å². The first kappa shape index (κ1) is 16.2. The molecule has 0 aliphatic carbocycles. The molecule has 0 aliphatic heterocycles. The molecule has 0 heterocycles. The molecule has 0 spiro atoms. The van der Waals surface area contributed by atoms with Crippen molar-refractivity contribution in [2.75, 3.05) is 0 Å². The standard InChI is InChI=1S/C16H23NO3/c1-12(2)9-13-3-5-14(6-4-13)10-15(17-11-18)7-8-16(19)20/h3-6,11-12,15H,7-10H2,1-2H3,(H,17,18)(H,19,20). The Morgan fingerprint density at radius 2 is 1.75 bits per heavy atom. The van der Waals surface area contributed by atoms with Gasteiger partial charge < -0.3 is 10.4 Å². The zero-order valence-corrected chi connectivity index (χ0v) is 12.1. The average molecular weight is 277 g/mol. The molecular weight excluding hydrogens is 254 g/mol. The molecule has 4 heteroatoms. The summed E-state index contributed by atoms with van der Waals surface area (Å²) in [6.07, 6.45) is 2.86. The number of rotatable bonds is 9. The van der Waals surface area contributed by atoms with E-state index in [0.717, 1.165) is 12.0 Å². The largest absolute Gasteiger partial charge is 0.481 e. The summed E-state index contributed by atoms with van der Waals surface area (Å²) in [5.74, 6) is -0.212. The van der Waals surface area contributed by atoms with E-state index in [2.05, 4.69) is 43.4 Å². The van der Waals surface area contributed by atoms with Gasteiger partial charge in [-0.1, -0.05) is 38.1 Å². The van der Waals surface area contributed by atoms with Gasteiger partial charge in [0.25, 0.3) is 0 Å². The third-order valence-electron chi connectivity index (χ3n) is 3.16. The molecular formula is C16H23NO3. The molecule has 110 valence electrons. The summed E-state index contributed by atoms with van der Waals surface area (Å²) in [6.45, 7) is 4.37. The second kappa shape index (κ2) is 8.35. The lowest BCUT2D eigenvalue weighted by Gasteiger charge is -2.15. The Morgan fingerprint density at radius 3 is 2.20 bits per heavy atom. The lowest BCUT2D eigenvalue weighted by molar-refractivity contribution is -0.137.